The van der Waals surface area contributed by atoms with E-state index in [0.29, 0.717) is 12.1 Å². The first-order valence-electron chi connectivity index (χ1n) is 6.86. The van der Waals surface area contributed by atoms with E-state index < -0.39 is 0 Å². The number of hydrogen-bond donors (Lipinski definition) is 1. The summed E-state index contributed by atoms with van der Waals surface area (Å²) >= 11 is 1.71. The highest BCUT2D eigenvalue weighted by Gasteiger charge is 2.27. The van der Waals surface area contributed by atoms with Crippen LogP contribution in [0.3, 0.4) is 0 Å². The van der Waals surface area contributed by atoms with Crippen molar-refractivity contribution in [2.24, 2.45) is 5.92 Å². The predicted molar refractivity (Wildman–Crippen MR) is 76.2 cm³/mol. The molecule has 1 aromatic rings. The molecule has 0 aliphatic heterocycles. The molecule has 0 unspecified atom stereocenters. The third-order valence-electron chi connectivity index (χ3n) is 3.75. The fraction of sp³-hybridized carbons (Fsp3) is 0.714. The second-order valence-corrected chi connectivity index (χ2v) is 6.18. The number of esters is 1. The highest BCUT2D eigenvalue weighted by atomic mass is 32.1. The van der Waals surface area contributed by atoms with E-state index in [9.17, 15) is 4.79 Å². The second kappa shape index (κ2) is 6.48. The maximum atomic E-state index is 11.5. The van der Waals surface area contributed by atoms with E-state index in [1.54, 1.807) is 11.3 Å². The number of nitrogens with zero attached hydrogens (tertiary/aromatic N) is 1. The fourth-order valence-corrected chi connectivity index (χ4v) is 3.47. The molecule has 1 N–H and O–H groups in total. The number of aromatic nitrogens is 1. The minimum absolute atomic E-state index is 0.0537. The Bertz CT molecular complexity index is 425. The Kier molecular flexibility index (Phi) is 4.93. The van der Waals surface area contributed by atoms with Crippen LogP contribution in [-0.4, -0.2) is 24.1 Å². The van der Waals surface area contributed by atoms with Gasteiger partial charge in [-0.2, -0.15) is 0 Å². The number of hydrogen-bond acceptors (Lipinski definition) is 5. The molecule has 19 heavy (non-hydrogen) atoms. The first kappa shape index (κ1) is 14.5. The highest BCUT2D eigenvalue weighted by molar-refractivity contribution is 7.09. The van der Waals surface area contributed by atoms with Gasteiger partial charge in [0.25, 0.3) is 0 Å². The number of carbonyl (C=O) groups excluding carboxylic acids is 1. The SMILES string of the molecule is COC(=O)C1CCC(N[C@@H](C)c2nc(C)cs2)CC1. The van der Waals surface area contributed by atoms with Crippen LogP contribution in [0.1, 0.15) is 49.4 Å². The van der Waals surface area contributed by atoms with Gasteiger partial charge in [0.2, 0.25) is 0 Å². The largest absolute Gasteiger partial charge is 0.469 e. The van der Waals surface area contributed by atoms with Crippen LogP contribution in [-0.2, 0) is 9.53 Å². The first-order valence-corrected chi connectivity index (χ1v) is 7.74. The average Bonchev–Trinajstić information content (AvgIpc) is 2.85. The van der Waals surface area contributed by atoms with E-state index in [4.69, 9.17) is 4.74 Å². The van der Waals surface area contributed by atoms with Crippen LogP contribution in [0.5, 0.6) is 0 Å². The third kappa shape index (κ3) is 3.76. The maximum Gasteiger partial charge on any atom is 0.308 e. The topological polar surface area (TPSA) is 51.2 Å². The van der Waals surface area contributed by atoms with Gasteiger partial charge in [0, 0.05) is 17.1 Å². The van der Waals surface area contributed by atoms with E-state index in [1.165, 1.54) is 7.11 Å². The minimum atomic E-state index is -0.0537. The molecule has 0 amide bonds. The number of aryl methyl sites for hydroxylation is 1. The zero-order valence-electron chi connectivity index (χ0n) is 11.8. The van der Waals surface area contributed by atoms with Gasteiger partial charge in [-0.3, -0.25) is 4.79 Å². The molecule has 1 fully saturated rings. The van der Waals surface area contributed by atoms with E-state index in [0.717, 1.165) is 36.4 Å². The monoisotopic (exact) mass is 282 g/mol. The summed E-state index contributed by atoms with van der Waals surface area (Å²) in [5.74, 6) is 0.0440. The molecule has 4 nitrogen and oxygen atoms in total. The fourth-order valence-electron chi connectivity index (χ4n) is 2.66. The van der Waals surface area contributed by atoms with Gasteiger partial charge in [0.05, 0.1) is 19.1 Å². The number of thiazole rings is 1. The number of nitrogens with one attached hydrogen (secondary N) is 1. The Balaban J connectivity index is 1.81. The van der Waals surface area contributed by atoms with Gasteiger partial charge < -0.3 is 10.1 Å². The van der Waals surface area contributed by atoms with Crippen LogP contribution in [0.2, 0.25) is 0 Å². The molecule has 106 valence electrons. The first-order chi connectivity index (χ1) is 9.10. The normalized spacial score (nSPS) is 25.0. The molecule has 1 heterocycles. The molecule has 1 atom stereocenters. The van der Waals surface area contributed by atoms with Crippen molar-refractivity contribution in [1.82, 2.24) is 10.3 Å². The molecule has 0 saturated heterocycles. The molecule has 2 rings (SSSR count). The van der Waals surface area contributed by atoms with Gasteiger partial charge >= 0.3 is 5.97 Å². The van der Waals surface area contributed by atoms with Crippen LogP contribution < -0.4 is 5.32 Å². The van der Waals surface area contributed by atoms with Crippen LogP contribution in [0.15, 0.2) is 5.38 Å². The van der Waals surface area contributed by atoms with E-state index in [-0.39, 0.29) is 11.9 Å². The summed E-state index contributed by atoms with van der Waals surface area (Å²) in [6.45, 7) is 4.18. The quantitative estimate of drug-likeness (QED) is 0.863. The smallest absolute Gasteiger partial charge is 0.308 e. The average molecular weight is 282 g/mol. The zero-order valence-corrected chi connectivity index (χ0v) is 12.6. The molecule has 1 aromatic heterocycles. The van der Waals surface area contributed by atoms with Crippen molar-refractivity contribution in [2.45, 2.75) is 51.6 Å². The Morgan fingerprint density at radius 2 is 2.16 bits per heavy atom. The summed E-state index contributed by atoms with van der Waals surface area (Å²) in [7, 11) is 1.47. The van der Waals surface area contributed by atoms with Crippen molar-refractivity contribution in [3.63, 3.8) is 0 Å². The minimum Gasteiger partial charge on any atom is -0.469 e. The summed E-state index contributed by atoms with van der Waals surface area (Å²) in [5.41, 5.74) is 1.09. The Labute approximate surface area is 118 Å². The lowest BCUT2D eigenvalue weighted by Gasteiger charge is -2.29. The van der Waals surface area contributed by atoms with Crippen molar-refractivity contribution < 1.29 is 9.53 Å². The van der Waals surface area contributed by atoms with Gasteiger partial charge in [0.15, 0.2) is 0 Å². The number of methoxy groups -OCH3 is 1. The van der Waals surface area contributed by atoms with Crippen LogP contribution >= 0.6 is 11.3 Å². The number of ether oxygens (including phenoxy) is 1. The Morgan fingerprint density at radius 1 is 1.47 bits per heavy atom. The molecule has 0 bridgehead atoms. The van der Waals surface area contributed by atoms with Crippen molar-refractivity contribution >= 4 is 17.3 Å². The van der Waals surface area contributed by atoms with E-state index >= 15 is 0 Å². The Morgan fingerprint density at radius 3 is 2.68 bits per heavy atom. The van der Waals surface area contributed by atoms with E-state index in [2.05, 4.69) is 22.6 Å². The van der Waals surface area contributed by atoms with Crippen LogP contribution in [0.25, 0.3) is 0 Å². The molecule has 0 spiro atoms. The molecule has 0 aromatic carbocycles. The van der Waals surface area contributed by atoms with Gasteiger partial charge in [-0.15, -0.1) is 11.3 Å². The Hall–Kier alpha value is -0.940. The van der Waals surface area contributed by atoms with Crippen LogP contribution in [0, 0.1) is 12.8 Å². The predicted octanol–water partition coefficient (Wildman–Crippen LogP) is 2.83. The van der Waals surface area contributed by atoms with E-state index in [1.807, 2.05) is 6.92 Å². The van der Waals surface area contributed by atoms with Crippen molar-refractivity contribution in [3.05, 3.63) is 16.1 Å². The lowest BCUT2D eigenvalue weighted by molar-refractivity contribution is -0.146. The summed E-state index contributed by atoms with van der Waals surface area (Å²) in [4.78, 5) is 16.0. The van der Waals surface area contributed by atoms with Gasteiger partial charge in [-0.1, -0.05) is 0 Å². The number of carbonyl (C=O) groups is 1. The maximum absolute atomic E-state index is 11.5. The zero-order chi connectivity index (χ0) is 13.8. The standard InChI is InChI=1S/C14H22N2O2S/c1-9-8-19-13(15-9)10(2)16-12-6-4-11(5-7-12)14(17)18-3/h8,10-12,16H,4-7H2,1-3H3/t10-,11?,12?/m0/s1. The lowest BCUT2D eigenvalue weighted by atomic mass is 9.86. The second-order valence-electron chi connectivity index (χ2n) is 5.29. The molecule has 5 heteroatoms. The summed E-state index contributed by atoms with van der Waals surface area (Å²) in [5, 5.41) is 6.85. The van der Waals surface area contributed by atoms with Crippen molar-refractivity contribution in [3.8, 4) is 0 Å². The van der Waals surface area contributed by atoms with Gasteiger partial charge in [0.1, 0.15) is 5.01 Å². The van der Waals surface area contributed by atoms with Crippen LogP contribution in [0.4, 0.5) is 0 Å². The number of rotatable bonds is 4. The van der Waals surface area contributed by atoms with Gasteiger partial charge in [-0.05, 0) is 39.5 Å². The highest BCUT2D eigenvalue weighted by Crippen LogP contribution is 2.27. The summed E-state index contributed by atoms with van der Waals surface area (Å²) in [6, 6.07) is 0.776. The lowest BCUT2D eigenvalue weighted by Crippen LogP contribution is -2.36. The molecule has 1 aliphatic rings. The van der Waals surface area contributed by atoms with Crippen molar-refractivity contribution in [1.29, 1.82) is 0 Å². The van der Waals surface area contributed by atoms with Gasteiger partial charge in [-0.25, -0.2) is 4.98 Å². The van der Waals surface area contributed by atoms with Crippen molar-refractivity contribution in [2.75, 3.05) is 7.11 Å². The molecular formula is C14H22N2O2S. The molecule has 1 aliphatic carbocycles. The third-order valence-corrected chi connectivity index (χ3v) is 4.90. The summed E-state index contributed by atoms with van der Waals surface area (Å²) < 4.78 is 4.81. The summed E-state index contributed by atoms with van der Waals surface area (Å²) in [6.07, 6.45) is 3.92. The molecular weight excluding hydrogens is 260 g/mol. The molecule has 0 radical (unpaired) electrons. The molecule has 1 saturated carbocycles.